The van der Waals surface area contributed by atoms with Crippen molar-refractivity contribution >= 4 is 16.0 Å². The van der Waals surface area contributed by atoms with E-state index >= 15 is 0 Å². The molecule has 0 amide bonds. The number of hydrogen-bond donors (Lipinski definition) is 1. The van der Waals surface area contributed by atoms with Crippen LogP contribution in [-0.2, 0) is 14.8 Å². The molecule has 1 unspecified atom stereocenters. The van der Waals surface area contributed by atoms with E-state index in [1.165, 1.54) is 0 Å². The van der Waals surface area contributed by atoms with Crippen LogP contribution in [0.1, 0.15) is 6.42 Å². The van der Waals surface area contributed by atoms with E-state index in [1.807, 2.05) is 0 Å². The molecule has 1 heterocycles. The van der Waals surface area contributed by atoms with Gasteiger partial charge in [0.2, 0.25) is 10.0 Å². The van der Waals surface area contributed by atoms with Gasteiger partial charge in [-0.2, -0.15) is 4.31 Å². The molecule has 2 rings (SSSR count). The van der Waals surface area contributed by atoms with Crippen molar-refractivity contribution in [1.82, 2.24) is 4.31 Å². The molecule has 0 spiro atoms. The Morgan fingerprint density at radius 2 is 2.05 bits per heavy atom. The van der Waals surface area contributed by atoms with Crippen LogP contribution < -0.4 is 4.74 Å². The molecule has 1 aliphatic rings. The number of alkyl halides is 3. The zero-order valence-electron chi connectivity index (χ0n) is 11.1. The number of nitrogens with zero attached hydrogens (tertiary/aromatic N) is 1. The van der Waals surface area contributed by atoms with Crippen LogP contribution in [0.15, 0.2) is 29.2 Å². The van der Waals surface area contributed by atoms with Crippen LogP contribution in [0.25, 0.3) is 0 Å². The minimum Gasteiger partial charge on any atom is -0.481 e. The lowest BCUT2D eigenvalue weighted by Gasteiger charge is -2.17. The molecule has 0 saturated carbocycles. The molecule has 1 atom stereocenters. The molecule has 1 aromatic carbocycles. The Morgan fingerprint density at radius 1 is 1.36 bits per heavy atom. The van der Waals surface area contributed by atoms with E-state index < -0.39 is 34.0 Å². The van der Waals surface area contributed by atoms with Gasteiger partial charge in [-0.05, 0) is 18.6 Å². The molecule has 1 saturated heterocycles. The van der Waals surface area contributed by atoms with Crippen molar-refractivity contribution in [3.8, 4) is 5.75 Å². The van der Waals surface area contributed by atoms with Gasteiger partial charge in [-0.15, -0.1) is 13.2 Å². The third-order valence-electron chi connectivity index (χ3n) is 3.18. The first-order valence-corrected chi connectivity index (χ1v) is 7.62. The molecule has 1 aromatic rings. The second kappa shape index (κ2) is 5.76. The Balaban J connectivity index is 2.23. The number of sulfonamides is 1. The largest absolute Gasteiger partial charge is 0.573 e. The summed E-state index contributed by atoms with van der Waals surface area (Å²) >= 11 is 0. The van der Waals surface area contributed by atoms with Crippen molar-refractivity contribution in [1.29, 1.82) is 0 Å². The average Bonchev–Trinajstić information content (AvgIpc) is 2.87. The molecule has 0 bridgehead atoms. The molecule has 10 heteroatoms. The van der Waals surface area contributed by atoms with E-state index in [1.54, 1.807) is 0 Å². The summed E-state index contributed by atoms with van der Waals surface area (Å²) in [5, 5.41) is 8.87. The maximum Gasteiger partial charge on any atom is 0.573 e. The zero-order chi connectivity index (χ0) is 16.5. The number of carboxylic acid groups (broad SMARTS) is 1. The van der Waals surface area contributed by atoms with Gasteiger partial charge >= 0.3 is 12.3 Å². The van der Waals surface area contributed by atoms with Crippen LogP contribution in [0.2, 0.25) is 0 Å². The topological polar surface area (TPSA) is 83.9 Å². The highest BCUT2D eigenvalue weighted by Gasteiger charge is 2.36. The first-order valence-electron chi connectivity index (χ1n) is 6.18. The third kappa shape index (κ3) is 3.69. The van der Waals surface area contributed by atoms with E-state index in [2.05, 4.69) is 4.74 Å². The first-order chi connectivity index (χ1) is 10.1. The molecule has 1 N–H and O–H groups in total. The summed E-state index contributed by atoms with van der Waals surface area (Å²) in [5.74, 6) is -2.57. The molecule has 122 valence electrons. The van der Waals surface area contributed by atoms with Gasteiger partial charge in [0, 0.05) is 19.2 Å². The van der Waals surface area contributed by atoms with Gasteiger partial charge in [0.05, 0.1) is 10.8 Å². The van der Waals surface area contributed by atoms with E-state index in [0.717, 1.165) is 28.6 Å². The summed E-state index contributed by atoms with van der Waals surface area (Å²) in [7, 11) is -4.06. The Hall–Kier alpha value is -1.81. The molecular weight excluding hydrogens is 327 g/mol. The summed E-state index contributed by atoms with van der Waals surface area (Å²) in [6.07, 6.45) is -4.77. The quantitative estimate of drug-likeness (QED) is 0.902. The number of ether oxygens (including phenoxy) is 1. The fourth-order valence-electron chi connectivity index (χ4n) is 2.13. The zero-order valence-corrected chi connectivity index (χ0v) is 11.9. The van der Waals surface area contributed by atoms with E-state index in [-0.39, 0.29) is 24.4 Å². The second-order valence-corrected chi connectivity index (χ2v) is 6.65. The summed E-state index contributed by atoms with van der Waals surface area (Å²) in [4.78, 5) is 10.5. The maximum absolute atomic E-state index is 12.3. The second-order valence-electron chi connectivity index (χ2n) is 4.71. The summed E-state index contributed by atoms with van der Waals surface area (Å²) in [5.41, 5.74) is 0. The molecule has 0 aliphatic carbocycles. The predicted octanol–water partition coefficient (Wildman–Crippen LogP) is 1.68. The van der Waals surface area contributed by atoms with Gasteiger partial charge in [-0.25, -0.2) is 8.42 Å². The van der Waals surface area contributed by atoms with Crippen molar-refractivity contribution in [2.75, 3.05) is 13.1 Å². The highest BCUT2D eigenvalue weighted by molar-refractivity contribution is 7.89. The van der Waals surface area contributed by atoms with Crippen molar-refractivity contribution in [2.24, 2.45) is 5.92 Å². The number of hydrogen-bond acceptors (Lipinski definition) is 4. The van der Waals surface area contributed by atoms with E-state index in [4.69, 9.17) is 5.11 Å². The van der Waals surface area contributed by atoms with Crippen LogP contribution in [-0.4, -0.2) is 43.3 Å². The Morgan fingerprint density at radius 3 is 2.59 bits per heavy atom. The lowest BCUT2D eigenvalue weighted by molar-refractivity contribution is -0.274. The number of carboxylic acids is 1. The number of benzene rings is 1. The lowest BCUT2D eigenvalue weighted by atomic mass is 10.1. The van der Waals surface area contributed by atoms with Gasteiger partial charge in [0.1, 0.15) is 5.75 Å². The van der Waals surface area contributed by atoms with Crippen LogP contribution in [0.3, 0.4) is 0 Å². The third-order valence-corrected chi connectivity index (χ3v) is 5.04. The maximum atomic E-state index is 12.3. The molecule has 0 radical (unpaired) electrons. The van der Waals surface area contributed by atoms with Crippen molar-refractivity contribution in [3.05, 3.63) is 24.3 Å². The highest BCUT2D eigenvalue weighted by atomic mass is 32.2. The molecule has 6 nitrogen and oxygen atoms in total. The fraction of sp³-hybridized carbons (Fsp3) is 0.417. The molecular formula is C12H12F3NO5S. The molecule has 0 aromatic heterocycles. The minimum absolute atomic E-state index is 0.00363. The number of carbonyl (C=O) groups is 1. The standard InChI is InChI=1S/C12H12F3NO5S/c13-12(14,15)21-9-2-1-3-10(6-9)22(19,20)16-5-4-8(7-16)11(17)18/h1-3,6,8H,4-5,7H2,(H,17,18). The monoisotopic (exact) mass is 339 g/mol. The fourth-order valence-corrected chi connectivity index (χ4v) is 3.66. The normalized spacial score (nSPS) is 20.0. The van der Waals surface area contributed by atoms with Crippen LogP contribution >= 0.6 is 0 Å². The van der Waals surface area contributed by atoms with Gasteiger partial charge in [-0.1, -0.05) is 6.07 Å². The van der Waals surface area contributed by atoms with Gasteiger partial charge in [-0.3, -0.25) is 4.79 Å². The first kappa shape index (κ1) is 16.6. The number of rotatable bonds is 4. The number of aliphatic carboxylic acids is 1. The Kier molecular flexibility index (Phi) is 4.34. The molecule has 1 aliphatic heterocycles. The minimum atomic E-state index is -4.93. The lowest BCUT2D eigenvalue weighted by Crippen LogP contribution is -2.30. The van der Waals surface area contributed by atoms with Gasteiger partial charge < -0.3 is 9.84 Å². The summed E-state index contributed by atoms with van der Waals surface area (Å²) in [6, 6.07) is 4.00. The SMILES string of the molecule is O=C(O)C1CCN(S(=O)(=O)c2cccc(OC(F)(F)F)c2)C1. The van der Waals surface area contributed by atoms with Crippen LogP contribution in [0, 0.1) is 5.92 Å². The molecule has 1 fully saturated rings. The predicted molar refractivity (Wildman–Crippen MR) is 67.6 cm³/mol. The van der Waals surface area contributed by atoms with Crippen LogP contribution in [0.4, 0.5) is 13.2 Å². The average molecular weight is 339 g/mol. The Labute approximate surface area is 124 Å². The van der Waals surface area contributed by atoms with E-state index in [9.17, 15) is 26.4 Å². The van der Waals surface area contributed by atoms with Crippen molar-refractivity contribution < 1.29 is 36.2 Å². The van der Waals surface area contributed by atoms with Crippen molar-refractivity contribution in [3.63, 3.8) is 0 Å². The van der Waals surface area contributed by atoms with E-state index in [0.29, 0.717) is 0 Å². The van der Waals surface area contributed by atoms with Crippen molar-refractivity contribution in [2.45, 2.75) is 17.7 Å². The summed E-state index contributed by atoms with van der Waals surface area (Å²) in [6.45, 7) is -0.203. The highest BCUT2D eigenvalue weighted by Crippen LogP contribution is 2.28. The summed E-state index contributed by atoms with van der Waals surface area (Å²) < 4.78 is 65.7. The van der Waals surface area contributed by atoms with Gasteiger partial charge in [0.25, 0.3) is 0 Å². The molecule has 22 heavy (non-hydrogen) atoms. The van der Waals surface area contributed by atoms with Crippen LogP contribution in [0.5, 0.6) is 5.75 Å². The Bertz CT molecular complexity index is 674. The number of halogens is 3. The van der Waals surface area contributed by atoms with Gasteiger partial charge in [0.15, 0.2) is 0 Å². The smallest absolute Gasteiger partial charge is 0.481 e.